The molecular weight excluding hydrogens is 242 g/mol. The van der Waals surface area contributed by atoms with E-state index in [2.05, 4.69) is 5.32 Å². The predicted molar refractivity (Wildman–Crippen MR) is 75.0 cm³/mol. The first-order valence-corrected chi connectivity index (χ1v) is 6.75. The Kier molecular flexibility index (Phi) is 5.05. The first-order chi connectivity index (χ1) is 9.30. The highest BCUT2D eigenvalue weighted by Gasteiger charge is 2.21. The molecule has 1 fully saturated rings. The number of rotatable bonds is 6. The molecule has 106 valence electrons. The molecule has 0 spiro atoms. The first-order valence-electron chi connectivity index (χ1n) is 6.75. The number of benzene rings is 1. The first kappa shape index (κ1) is 14.2. The third kappa shape index (κ3) is 3.19. The molecule has 1 aromatic carbocycles. The molecule has 4 nitrogen and oxygen atoms in total. The molecule has 0 aromatic heterocycles. The Balaban J connectivity index is 2.32. The Labute approximate surface area is 115 Å². The van der Waals surface area contributed by atoms with Crippen LogP contribution in [0.2, 0.25) is 0 Å². The lowest BCUT2D eigenvalue weighted by Crippen LogP contribution is -2.24. The van der Waals surface area contributed by atoms with Gasteiger partial charge in [-0.1, -0.05) is 0 Å². The van der Waals surface area contributed by atoms with E-state index in [1.807, 2.05) is 12.1 Å². The van der Waals surface area contributed by atoms with E-state index < -0.39 is 0 Å². The predicted octanol–water partition coefficient (Wildman–Crippen LogP) is 2.14. The van der Waals surface area contributed by atoms with Crippen molar-refractivity contribution in [3.63, 3.8) is 0 Å². The molecule has 1 atom stereocenters. The van der Waals surface area contributed by atoms with Gasteiger partial charge in [0.15, 0.2) is 0 Å². The molecule has 0 saturated carbocycles. The third-order valence-corrected chi connectivity index (χ3v) is 3.64. The van der Waals surface area contributed by atoms with Gasteiger partial charge in [0.25, 0.3) is 0 Å². The van der Waals surface area contributed by atoms with Crippen LogP contribution in [0.25, 0.3) is 0 Å². The van der Waals surface area contributed by atoms with Crippen LogP contribution in [-0.2, 0) is 17.8 Å². The van der Waals surface area contributed by atoms with Gasteiger partial charge < -0.3 is 19.5 Å². The molecule has 1 unspecified atom stereocenters. The third-order valence-electron chi connectivity index (χ3n) is 3.64. The van der Waals surface area contributed by atoms with Gasteiger partial charge in [-0.15, -0.1) is 0 Å². The van der Waals surface area contributed by atoms with E-state index in [0.717, 1.165) is 35.6 Å². The van der Waals surface area contributed by atoms with E-state index >= 15 is 0 Å². The van der Waals surface area contributed by atoms with Gasteiger partial charge in [0.05, 0.1) is 20.8 Å². The van der Waals surface area contributed by atoms with E-state index in [4.69, 9.17) is 14.2 Å². The number of nitrogens with one attached hydrogen (secondary N) is 1. The quantitative estimate of drug-likeness (QED) is 0.855. The topological polar surface area (TPSA) is 39.7 Å². The summed E-state index contributed by atoms with van der Waals surface area (Å²) >= 11 is 0. The minimum absolute atomic E-state index is 0.514. The van der Waals surface area contributed by atoms with Gasteiger partial charge in [-0.3, -0.25) is 0 Å². The second-order valence-corrected chi connectivity index (χ2v) is 4.87. The van der Waals surface area contributed by atoms with E-state index in [0.29, 0.717) is 12.6 Å². The zero-order valence-corrected chi connectivity index (χ0v) is 12.0. The summed E-state index contributed by atoms with van der Waals surface area (Å²) in [6.45, 7) is 1.66. The highest BCUT2D eigenvalue weighted by Crippen LogP contribution is 2.34. The molecule has 0 bridgehead atoms. The Bertz CT molecular complexity index is 414. The van der Waals surface area contributed by atoms with Gasteiger partial charge in [-0.25, -0.2) is 0 Å². The Morgan fingerprint density at radius 1 is 1.21 bits per heavy atom. The molecule has 1 aromatic rings. The SMILES string of the molecule is COCc1ccc(OC)c(CC2CCCN2)c1OC. The molecule has 19 heavy (non-hydrogen) atoms. The highest BCUT2D eigenvalue weighted by molar-refractivity contribution is 5.50. The van der Waals surface area contributed by atoms with Crippen LogP contribution in [0.3, 0.4) is 0 Å². The van der Waals surface area contributed by atoms with Gasteiger partial charge >= 0.3 is 0 Å². The summed E-state index contributed by atoms with van der Waals surface area (Å²) < 4.78 is 16.3. The monoisotopic (exact) mass is 265 g/mol. The standard InChI is InChI=1S/C15H23NO3/c1-17-10-11-6-7-14(18-2)13(15(11)19-3)9-12-5-4-8-16-12/h6-7,12,16H,4-5,8-10H2,1-3H3. The molecule has 1 N–H and O–H groups in total. The second kappa shape index (κ2) is 6.78. The van der Waals surface area contributed by atoms with Crippen molar-refractivity contribution in [2.75, 3.05) is 27.9 Å². The van der Waals surface area contributed by atoms with E-state index in [1.54, 1.807) is 21.3 Å². The molecule has 1 aliphatic rings. The maximum atomic E-state index is 5.59. The number of hydrogen-bond donors (Lipinski definition) is 1. The lowest BCUT2D eigenvalue weighted by atomic mass is 9.99. The maximum Gasteiger partial charge on any atom is 0.131 e. The van der Waals surface area contributed by atoms with Crippen molar-refractivity contribution < 1.29 is 14.2 Å². The summed E-state index contributed by atoms with van der Waals surface area (Å²) in [4.78, 5) is 0. The van der Waals surface area contributed by atoms with Crippen molar-refractivity contribution in [1.29, 1.82) is 0 Å². The fraction of sp³-hybridized carbons (Fsp3) is 0.600. The zero-order chi connectivity index (χ0) is 13.7. The summed E-state index contributed by atoms with van der Waals surface area (Å²) in [6.07, 6.45) is 3.39. The average Bonchev–Trinajstić information content (AvgIpc) is 2.92. The van der Waals surface area contributed by atoms with E-state index in [1.165, 1.54) is 12.8 Å². The summed E-state index contributed by atoms with van der Waals surface area (Å²) in [5.41, 5.74) is 2.21. The second-order valence-electron chi connectivity index (χ2n) is 4.87. The molecule has 0 radical (unpaired) electrons. The molecule has 1 aliphatic heterocycles. The Morgan fingerprint density at radius 2 is 2.05 bits per heavy atom. The number of ether oxygens (including phenoxy) is 3. The van der Waals surface area contributed by atoms with Crippen molar-refractivity contribution in [2.45, 2.75) is 31.9 Å². The van der Waals surface area contributed by atoms with Crippen LogP contribution in [0.15, 0.2) is 12.1 Å². The van der Waals surface area contributed by atoms with Gasteiger partial charge in [-0.2, -0.15) is 0 Å². The summed E-state index contributed by atoms with van der Waals surface area (Å²) in [5.74, 6) is 1.79. The van der Waals surface area contributed by atoms with Gasteiger partial charge in [0, 0.05) is 24.3 Å². The maximum absolute atomic E-state index is 5.59. The molecular formula is C15H23NO3. The Hall–Kier alpha value is -1.26. The van der Waals surface area contributed by atoms with Gasteiger partial charge in [0.2, 0.25) is 0 Å². The van der Waals surface area contributed by atoms with Crippen molar-refractivity contribution in [3.05, 3.63) is 23.3 Å². The lowest BCUT2D eigenvalue weighted by molar-refractivity contribution is 0.181. The largest absolute Gasteiger partial charge is 0.496 e. The van der Waals surface area contributed by atoms with Gasteiger partial charge in [0.1, 0.15) is 11.5 Å². The summed E-state index contributed by atoms with van der Waals surface area (Å²) in [6, 6.07) is 4.52. The minimum Gasteiger partial charge on any atom is -0.496 e. The van der Waals surface area contributed by atoms with Crippen molar-refractivity contribution in [1.82, 2.24) is 5.32 Å². The van der Waals surface area contributed by atoms with Crippen molar-refractivity contribution in [3.8, 4) is 11.5 Å². The summed E-state index contributed by atoms with van der Waals surface area (Å²) in [5, 5.41) is 3.52. The Morgan fingerprint density at radius 3 is 2.63 bits per heavy atom. The van der Waals surface area contributed by atoms with Crippen LogP contribution in [-0.4, -0.2) is 33.9 Å². The molecule has 0 aliphatic carbocycles. The zero-order valence-electron chi connectivity index (χ0n) is 12.0. The normalized spacial score (nSPS) is 18.6. The smallest absolute Gasteiger partial charge is 0.131 e. The van der Waals surface area contributed by atoms with Crippen LogP contribution in [0.5, 0.6) is 11.5 Å². The van der Waals surface area contributed by atoms with Crippen molar-refractivity contribution >= 4 is 0 Å². The number of hydrogen-bond acceptors (Lipinski definition) is 4. The van der Waals surface area contributed by atoms with Crippen LogP contribution in [0.1, 0.15) is 24.0 Å². The highest BCUT2D eigenvalue weighted by atomic mass is 16.5. The van der Waals surface area contributed by atoms with E-state index in [9.17, 15) is 0 Å². The fourth-order valence-electron chi connectivity index (χ4n) is 2.74. The van der Waals surface area contributed by atoms with Crippen LogP contribution >= 0.6 is 0 Å². The molecule has 4 heteroatoms. The number of methoxy groups -OCH3 is 3. The van der Waals surface area contributed by atoms with Gasteiger partial charge in [-0.05, 0) is 37.9 Å². The summed E-state index contributed by atoms with van der Waals surface area (Å²) in [7, 11) is 5.11. The average molecular weight is 265 g/mol. The molecule has 0 amide bonds. The van der Waals surface area contributed by atoms with Crippen LogP contribution in [0, 0.1) is 0 Å². The molecule has 1 heterocycles. The van der Waals surface area contributed by atoms with Crippen LogP contribution < -0.4 is 14.8 Å². The fourth-order valence-corrected chi connectivity index (χ4v) is 2.74. The minimum atomic E-state index is 0.514. The molecule has 1 saturated heterocycles. The molecule has 2 rings (SSSR count). The van der Waals surface area contributed by atoms with E-state index in [-0.39, 0.29) is 0 Å². The van der Waals surface area contributed by atoms with Crippen LogP contribution in [0.4, 0.5) is 0 Å². The lowest BCUT2D eigenvalue weighted by Gasteiger charge is -2.19. The van der Waals surface area contributed by atoms with Crippen molar-refractivity contribution in [2.24, 2.45) is 0 Å².